The van der Waals surface area contributed by atoms with Gasteiger partial charge in [0.1, 0.15) is 11.6 Å². The molecule has 0 rings (SSSR count). The van der Waals surface area contributed by atoms with Gasteiger partial charge in [-0.2, -0.15) is 11.8 Å². The number of thioether (sulfide) groups is 1. The van der Waals surface area contributed by atoms with Crippen molar-refractivity contribution >= 4 is 29.1 Å². The molecule has 0 saturated carbocycles. The van der Waals surface area contributed by atoms with Crippen LogP contribution in [0.15, 0.2) is 0 Å². The van der Waals surface area contributed by atoms with E-state index in [9.17, 15) is 14.4 Å². The van der Waals surface area contributed by atoms with Gasteiger partial charge in [-0.3, -0.25) is 14.4 Å². The second-order valence-corrected chi connectivity index (χ2v) is 6.54. The highest BCUT2D eigenvalue weighted by Crippen LogP contribution is 2.22. The van der Waals surface area contributed by atoms with E-state index in [-0.39, 0.29) is 29.4 Å². The normalized spacial score (nSPS) is 16.6. The monoisotopic (exact) mass is 331 g/mol. The average molecular weight is 331 g/mol. The maximum Gasteiger partial charge on any atom is 0.150 e. The van der Waals surface area contributed by atoms with E-state index in [0.717, 1.165) is 0 Å². The van der Waals surface area contributed by atoms with E-state index < -0.39 is 5.54 Å². The number of hydrogen-bond donors (Lipinski definition) is 3. The lowest BCUT2D eigenvalue weighted by molar-refractivity contribution is -0.124. The molecule has 0 aromatic heterocycles. The summed E-state index contributed by atoms with van der Waals surface area (Å²) in [6.07, 6.45) is 0.391. The highest BCUT2D eigenvalue weighted by atomic mass is 32.2. The van der Waals surface area contributed by atoms with Crippen molar-refractivity contribution < 1.29 is 14.4 Å². The number of Topliss-reactive ketones (excluding diaryl/α,β-unsaturated/α-hetero) is 3. The SMILES string of the molecule is CN[C@@H](CSC[C@@](C[C@H](NC)C(C)=O)(NC)C(C)=O)C(C)=O. The van der Waals surface area contributed by atoms with Gasteiger partial charge in [-0.15, -0.1) is 0 Å². The average Bonchev–Trinajstić information content (AvgIpc) is 2.45. The molecule has 7 heteroatoms. The van der Waals surface area contributed by atoms with Crippen LogP contribution in [0.5, 0.6) is 0 Å². The minimum atomic E-state index is -0.779. The molecule has 0 aliphatic rings. The third-order valence-electron chi connectivity index (χ3n) is 4.02. The second-order valence-electron chi connectivity index (χ2n) is 5.51. The molecule has 0 bridgehead atoms. The lowest BCUT2D eigenvalue weighted by Gasteiger charge is -2.34. The topological polar surface area (TPSA) is 87.3 Å². The van der Waals surface area contributed by atoms with E-state index in [4.69, 9.17) is 0 Å². The first kappa shape index (κ1) is 21.2. The lowest BCUT2D eigenvalue weighted by atomic mass is 9.88. The molecule has 3 N–H and O–H groups in total. The Hall–Kier alpha value is -0.760. The minimum absolute atomic E-state index is 0.00483. The fourth-order valence-electron chi connectivity index (χ4n) is 2.21. The first-order valence-electron chi connectivity index (χ1n) is 7.37. The summed E-state index contributed by atoms with van der Waals surface area (Å²) in [7, 11) is 5.19. The summed E-state index contributed by atoms with van der Waals surface area (Å²) >= 11 is 1.53. The zero-order valence-electron chi connectivity index (χ0n) is 14.4. The molecule has 0 aromatic rings. The molecular weight excluding hydrogens is 302 g/mol. The Morgan fingerprint density at radius 1 is 0.955 bits per heavy atom. The van der Waals surface area contributed by atoms with Crippen molar-refractivity contribution in [1.82, 2.24) is 16.0 Å². The molecule has 0 saturated heterocycles. The Bertz CT molecular complexity index is 403. The van der Waals surface area contributed by atoms with Crippen LogP contribution in [0.2, 0.25) is 0 Å². The summed E-state index contributed by atoms with van der Waals surface area (Å²) in [6.45, 7) is 4.59. The van der Waals surface area contributed by atoms with E-state index in [1.807, 2.05) is 0 Å². The van der Waals surface area contributed by atoms with Gasteiger partial charge >= 0.3 is 0 Å². The van der Waals surface area contributed by atoms with Gasteiger partial charge in [-0.1, -0.05) is 0 Å². The van der Waals surface area contributed by atoms with Gasteiger partial charge in [0.2, 0.25) is 0 Å². The third-order valence-corrected chi connectivity index (χ3v) is 5.28. The van der Waals surface area contributed by atoms with E-state index in [2.05, 4.69) is 16.0 Å². The van der Waals surface area contributed by atoms with Gasteiger partial charge in [0.15, 0.2) is 5.78 Å². The molecule has 0 spiro atoms. The van der Waals surface area contributed by atoms with Crippen LogP contribution in [0.3, 0.4) is 0 Å². The fraction of sp³-hybridized carbons (Fsp3) is 0.800. The number of ketones is 3. The predicted octanol–water partition coefficient (Wildman–Crippen LogP) is 0.0109. The first-order chi connectivity index (χ1) is 10.2. The molecule has 22 heavy (non-hydrogen) atoms. The molecule has 0 unspecified atom stereocenters. The molecule has 0 aromatic carbocycles. The summed E-state index contributed by atoms with van der Waals surface area (Å²) in [4.78, 5) is 35.2. The fourth-order valence-corrected chi connectivity index (χ4v) is 3.78. The molecule has 3 atom stereocenters. The molecule has 0 heterocycles. The molecule has 6 nitrogen and oxygen atoms in total. The Labute approximate surface area is 137 Å². The molecule has 128 valence electrons. The number of likely N-dealkylation sites (N-methyl/N-ethyl adjacent to an activating group) is 3. The van der Waals surface area contributed by atoms with Gasteiger partial charge < -0.3 is 16.0 Å². The zero-order chi connectivity index (χ0) is 17.3. The summed E-state index contributed by atoms with van der Waals surface area (Å²) in [5, 5.41) is 9.01. The van der Waals surface area contributed by atoms with E-state index in [1.165, 1.54) is 25.6 Å². The number of carbonyl (C=O) groups is 3. The van der Waals surface area contributed by atoms with Crippen molar-refractivity contribution in [3.63, 3.8) is 0 Å². The molecule has 0 radical (unpaired) electrons. The molecule has 0 aliphatic carbocycles. The van der Waals surface area contributed by atoms with E-state index in [1.54, 1.807) is 28.1 Å². The van der Waals surface area contributed by atoms with Crippen molar-refractivity contribution in [2.24, 2.45) is 0 Å². The van der Waals surface area contributed by atoms with Crippen LogP contribution in [-0.2, 0) is 14.4 Å². The van der Waals surface area contributed by atoms with Gasteiger partial charge in [0, 0.05) is 11.5 Å². The van der Waals surface area contributed by atoms with Crippen molar-refractivity contribution in [1.29, 1.82) is 0 Å². The van der Waals surface area contributed by atoms with Crippen LogP contribution in [0.25, 0.3) is 0 Å². The Morgan fingerprint density at radius 2 is 1.45 bits per heavy atom. The number of carbonyl (C=O) groups excluding carboxylic acids is 3. The summed E-state index contributed by atoms with van der Waals surface area (Å²) in [5.74, 6) is 1.17. The van der Waals surface area contributed by atoms with Crippen molar-refractivity contribution in [3.8, 4) is 0 Å². The predicted molar refractivity (Wildman–Crippen MR) is 91.5 cm³/mol. The van der Waals surface area contributed by atoms with E-state index in [0.29, 0.717) is 17.9 Å². The van der Waals surface area contributed by atoms with Crippen LogP contribution >= 0.6 is 11.8 Å². The number of nitrogens with one attached hydrogen (secondary N) is 3. The van der Waals surface area contributed by atoms with Gasteiger partial charge in [0.05, 0.1) is 17.6 Å². The first-order valence-corrected chi connectivity index (χ1v) is 8.52. The maximum atomic E-state index is 12.2. The van der Waals surface area contributed by atoms with Crippen molar-refractivity contribution in [2.45, 2.75) is 44.8 Å². The highest BCUT2D eigenvalue weighted by molar-refractivity contribution is 7.99. The minimum Gasteiger partial charge on any atom is -0.310 e. The Balaban J connectivity index is 4.93. The van der Waals surface area contributed by atoms with Crippen LogP contribution in [-0.4, -0.2) is 67.6 Å². The highest BCUT2D eigenvalue weighted by Gasteiger charge is 2.37. The molecule has 0 fully saturated rings. The summed E-state index contributed by atoms with van der Waals surface area (Å²) in [6, 6.07) is -0.593. The summed E-state index contributed by atoms with van der Waals surface area (Å²) < 4.78 is 0. The quantitative estimate of drug-likeness (QED) is 0.464. The van der Waals surface area contributed by atoms with Crippen molar-refractivity contribution in [2.75, 3.05) is 32.6 Å². The van der Waals surface area contributed by atoms with Gasteiger partial charge in [-0.05, 0) is 48.3 Å². The largest absolute Gasteiger partial charge is 0.310 e. The van der Waals surface area contributed by atoms with E-state index >= 15 is 0 Å². The smallest absolute Gasteiger partial charge is 0.150 e. The maximum absolute atomic E-state index is 12.2. The number of rotatable bonds is 12. The van der Waals surface area contributed by atoms with Crippen LogP contribution in [0.4, 0.5) is 0 Å². The Kier molecular flexibility index (Phi) is 9.75. The summed E-state index contributed by atoms with van der Waals surface area (Å²) in [5.41, 5.74) is -0.779. The molecular formula is C15H29N3O3S. The van der Waals surface area contributed by atoms with Crippen LogP contribution < -0.4 is 16.0 Å². The standard InChI is InChI=1S/C15H29N3O3S/c1-10(19)13(16-4)7-15(18-6,12(3)21)9-22-8-14(17-5)11(2)20/h13-14,16-18H,7-9H2,1-6H3/t13-,14-,15+/m0/s1. The lowest BCUT2D eigenvalue weighted by Crippen LogP contribution is -2.56. The molecule has 0 aliphatic heterocycles. The van der Waals surface area contributed by atoms with Gasteiger partial charge in [-0.25, -0.2) is 0 Å². The van der Waals surface area contributed by atoms with Crippen LogP contribution in [0, 0.1) is 0 Å². The second kappa shape index (κ2) is 10.1. The Morgan fingerprint density at radius 3 is 1.77 bits per heavy atom. The van der Waals surface area contributed by atoms with Crippen LogP contribution in [0.1, 0.15) is 27.2 Å². The van der Waals surface area contributed by atoms with Gasteiger partial charge in [0.25, 0.3) is 0 Å². The molecule has 0 amide bonds. The van der Waals surface area contributed by atoms with Crippen molar-refractivity contribution in [3.05, 3.63) is 0 Å². The third kappa shape index (κ3) is 6.16. The number of hydrogen-bond acceptors (Lipinski definition) is 7. The zero-order valence-corrected chi connectivity index (χ0v) is 15.2.